The zero-order chi connectivity index (χ0) is 33.3. The van der Waals surface area contributed by atoms with E-state index in [1.807, 2.05) is 30.3 Å². The molecule has 0 aromatic heterocycles. The minimum absolute atomic E-state index is 0.00938. The first-order valence-corrected chi connectivity index (χ1v) is 16.2. The van der Waals surface area contributed by atoms with Crippen LogP contribution in [0.5, 0.6) is 0 Å². The van der Waals surface area contributed by atoms with Crippen LogP contribution in [0.2, 0.25) is 0 Å². The summed E-state index contributed by atoms with van der Waals surface area (Å²) in [6, 6.07) is 6.42. The third-order valence-electron chi connectivity index (χ3n) is 9.73. The van der Waals surface area contributed by atoms with E-state index in [-0.39, 0.29) is 35.9 Å². The zero-order valence-electron chi connectivity index (χ0n) is 28.2. The standard InChI is InChI=1S/C33H51BN4O7/c1-19(2)26(38-30(42)43-31(4,5)6)29(41)37-23(15-21-13-11-10-12-14-21)28(40)36-20(3)27(39)35-18-34-44-25-17-22-16-24(32(22,7)8)33(25,9)45-34/h10-14,19-20,22-26H,15-18H2,1-9H3,(H,35,39)(H,36,40)(H,37,41)(H,38,42)/t20-,22-,23?,24?,25+,26-,33-/m0/s1. The Kier molecular flexibility index (Phi) is 10.3. The SMILES string of the molecule is CC(C)[C@H](NC(=O)OC(C)(C)C)C(=O)NC(Cc1ccccc1)C(=O)N[C@@H](C)C(=O)NCB1O[C@@H]2C[C@@H]3CC(C3(C)C)[C@]2(C)O1. The summed E-state index contributed by atoms with van der Waals surface area (Å²) in [5.74, 6) is -0.693. The number of hydrogen-bond donors (Lipinski definition) is 4. The van der Waals surface area contributed by atoms with Crippen molar-refractivity contribution in [3.63, 3.8) is 0 Å². The smallest absolute Gasteiger partial charge is 0.444 e. The number of carbonyl (C=O) groups is 4. The second kappa shape index (κ2) is 13.3. The molecule has 3 aliphatic carbocycles. The summed E-state index contributed by atoms with van der Waals surface area (Å²) < 4.78 is 17.9. The van der Waals surface area contributed by atoms with Gasteiger partial charge in [-0.1, -0.05) is 58.0 Å². The van der Waals surface area contributed by atoms with E-state index in [4.69, 9.17) is 14.0 Å². The highest BCUT2D eigenvalue weighted by Crippen LogP contribution is 2.65. The average molecular weight is 627 g/mol. The second-order valence-electron chi connectivity index (χ2n) is 15.0. The molecule has 0 spiro atoms. The van der Waals surface area contributed by atoms with Crippen LogP contribution in [0, 0.1) is 23.2 Å². The Hall–Kier alpha value is -3.12. The Labute approximate surface area is 267 Å². The monoisotopic (exact) mass is 626 g/mol. The lowest BCUT2D eigenvalue weighted by Gasteiger charge is -2.64. The summed E-state index contributed by atoms with van der Waals surface area (Å²) in [5.41, 5.74) is -0.0681. The van der Waals surface area contributed by atoms with Crippen molar-refractivity contribution in [1.82, 2.24) is 21.3 Å². The molecule has 4 aliphatic rings. The fourth-order valence-electron chi connectivity index (χ4n) is 7.04. The van der Waals surface area contributed by atoms with Crippen LogP contribution in [0.3, 0.4) is 0 Å². The molecular weight excluding hydrogens is 575 g/mol. The van der Waals surface area contributed by atoms with Crippen molar-refractivity contribution in [3.8, 4) is 0 Å². The molecule has 5 rings (SSSR count). The number of benzene rings is 1. The minimum Gasteiger partial charge on any atom is -0.444 e. The van der Waals surface area contributed by atoms with Gasteiger partial charge in [-0.3, -0.25) is 14.4 Å². The first-order chi connectivity index (χ1) is 20.9. The van der Waals surface area contributed by atoms with E-state index in [9.17, 15) is 19.2 Å². The molecule has 4 amide bonds. The van der Waals surface area contributed by atoms with E-state index >= 15 is 0 Å². The van der Waals surface area contributed by atoms with Gasteiger partial charge < -0.3 is 35.3 Å². The van der Waals surface area contributed by atoms with Gasteiger partial charge in [0.05, 0.1) is 18.1 Å². The van der Waals surface area contributed by atoms with Crippen molar-refractivity contribution in [2.75, 3.05) is 6.44 Å². The molecule has 45 heavy (non-hydrogen) atoms. The van der Waals surface area contributed by atoms with Crippen molar-refractivity contribution in [2.24, 2.45) is 23.2 Å². The number of carbonyl (C=O) groups excluding carboxylic acids is 4. The van der Waals surface area contributed by atoms with Gasteiger partial charge in [0.25, 0.3) is 0 Å². The molecule has 1 heterocycles. The lowest BCUT2D eigenvalue weighted by atomic mass is 9.43. The summed E-state index contributed by atoms with van der Waals surface area (Å²) in [4.78, 5) is 52.4. The Balaban J connectivity index is 1.35. The van der Waals surface area contributed by atoms with Gasteiger partial charge in [-0.2, -0.15) is 0 Å². The number of rotatable bonds is 11. The zero-order valence-corrected chi connectivity index (χ0v) is 28.2. The molecule has 1 aromatic carbocycles. The molecular formula is C33H51BN4O7. The fraction of sp³-hybridized carbons (Fsp3) is 0.697. The molecule has 4 fully saturated rings. The maximum atomic E-state index is 13.5. The molecule has 1 aliphatic heterocycles. The largest absolute Gasteiger partial charge is 0.478 e. The van der Waals surface area contributed by atoms with Gasteiger partial charge in [-0.25, -0.2) is 4.79 Å². The highest BCUT2D eigenvalue weighted by Gasteiger charge is 2.67. The highest BCUT2D eigenvalue weighted by molar-refractivity contribution is 6.46. The normalized spacial score (nSPS) is 26.9. The third-order valence-corrected chi connectivity index (χ3v) is 9.73. The average Bonchev–Trinajstić information content (AvgIpc) is 3.29. The Morgan fingerprint density at radius 1 is 0.956 bits per heavy atom. The van der Waals surface area contributed by atoms with Crippen LogP contribution < -0.4 is 21.3 Å². The van der Waals surface area contributed by atoms with Crippen molar-refractivity contribution in [3.05, 3.63) is 35.9 Å². The molecule has 12 heteroatoms. The van der Waals surface area contributed by atoms with Crippen LogP contribution in [0.25, 0.3) is 0 Å². The van der Waals surface area contributed by atoms with Crippen molar-refractivity contribution >= 4 is 30.9 Å². The molecule has 2 bridgehead atoms. The first kappa shape index (κ1) is 34.8. The quantitative estimate of drug-likeness (QED) is 0.276. The Morgan fingerprint density at radius 2 is 1.62 bits per heavy atom. The van der Waals surface area contributed by atoms with Crippen LogP contribution in [0.1, 0.15) is 80.7 Å². The van der Waals surface area contributed by atoms with Crippen LogP contribution >= 0.6 is 0 Å². The predicted octanol–water partition coefficient (Wildman–Crippen LogP) is 3.15. The summed E-state index contributed by atoms with van der Waals surface area (Å²) in [5, 5.41) is 11.0. The van der Waals surface area contributed by atoms with Crippen LogP contribution in [0.4, 0.5) is 4.79 Å². The molecule has 248 valence electrons. The molecule has 2 unspecified atom stereocenters. The predicted molar refractivity (Wildman–Crippen MR) is 171 cm³/mol. The molecule has 11 nitrogen and oxygen atoms in total. The van der Waals surface area contributed by atoms with E-state index in [0.29, 0.717) is 11.8 Å². The maximum Gasteiger partial charge on any atom is 0.478 e. The van der Waals surface area contributed by atoms with Crippen molar-refractivity contribution in [1.29, 1.82) is 0 Å². The van der Waals surface area contributed by atoms with Gasteiger partial charge in [0.2, 0.25) is 17.7 Å². The summed E-state index contributed by atoms with van der Waals surface area (Å²) in [6.07, 6.45) is 1.73. The van der Waals surface area contributed by atoms with Gasteiger partial charge in [-0.05, 0) is 76.2 Å². The third kappa shape index (κ3) is 8.00. The van der Waals surface area contributed by atoms with E-state index in [1.54, 1.807) is 41.5 Å². The Morgan fingerprint density at radius 3 is 2.22 bits per heavy atom. The summed E-state index contributed by atoms with van der Waals surface area (Å²) >= 11 is 0. The summed E-state index contributed by atoms with van der Waals surface area (Å²) in [7, 11) is -0.558. The van der Waals surface area contributed by atoms with E-state index in [0.717, 1.165) is 18.4 Å². The van der Waals surface area contributed by atoms with Gasteiger partial charge in [0.1, 0.15) is 23.7 Å². The molecule has 4 N–H and O–H groups in total. The first-order valence-electron chi connectivity index (χ1n) is 16.2. The number of amides is 4. The topological polar surface area (TPSA) is 144 Å². The molecule has 3 saturated carbocycles. The van der Waals surface area contributed by atoms with Crippen molar-refractivity contribution in [2.45, 2.75) is 117 Å². The van der Waals surface area contributed by atoms with Gasteiger partial charge in [0.15, 0.2) is 0 Å². The van der Waals surface area contributed by atoms with Crippen LogP contribution in [-0.4, -0.2) is 72.8 Å². The van der Waals surface area contributed by atoms with Gasteiger partial charge in [-0.15, -0.1) is 0 Å². The minimum atomic E-state index is -1.00. The lowest BCUT2D eigenvalue weighted by Crippen LogP contribution is -2.65. The molecule has 1 aromatic rings. The molecule has 7 atom stereocenters. The molecule has 1 saturated heterocycles. The van der Waals surface area contributed by atoms with Crippen LogP contribution in [0.15, 0.2) is 30.3 Å². The number of ether oxygens (including phenoxy) is 1. The Bertz CT molecular complexity index is 1250. The molecule has 0 radical (unpaired) electrons. The maximum absolute atomic E-state index is 13.5. The number of nitrogens with one attached hydrogen (secondary N) is 4. The fourth-order valence-corrected chi connectivity index (χ4v) is 7.04. The number of alkyl carbamates (subject to hydrolysis) is 1. The lowest BCUT2D eigenvalue weighted by molar-refractivity contribution is -0.199. The summed E-state index contributed by atoms with van der Waals surface area (Å²) in [6.45, 7) is 17.1. The van der Waals surface area contributed by atoms with E-state index in [2.05, 4.69) is 42.0 Å². The van der Waals surface area contributed by atoms with Crippen molar-refractivity contribution < 1.29 is 33.2 Å². The van der Waals surface area contributed by atoms with Gasteiger partial charge in [0, 0.05) is 6.42 Å². The van der Waals surface area contributed by atoms with Gasteiger partial charge >= 0.3 is 13.2 Å². The van der Waals surface area contributed by atoms with E-state index in [1.165, 1.54) is 0 Å². The number of hydrogen-bond acceptors (Lipinski definition) is 7. The second-order valence-corrected chi connectivity index (χ2v) is 15.0. The highest BCUT2D eigenvalue weighted by atomic mass is 16.7. The van der Waals surface area contributed by atoms with Crippen LogP contribution in [-0.2, 0) is 34.9 Å². The van der Waals surface area contributed by atoms with E-state index < -0.39 is 54.7 Å².